The Balaban J connectivity index is 2.83. The molecule has 0 aliphatic carbocycles. The number of phenolic OH excluding ortho intramolecular Hbond substituents is 1. The Morgan fingerprint density at radius 3 is 2.35 bits per heavy atom. The molecule has 2 unspecified atom stereocenters. The number of halogens is 1. The van der Waals surface area contributed by atoms with E-state index in [4.69, 9.17) is 0 Å². The zero-order valence-corrected chi connectivity index (χ0v) is 11.2. The van der Waals surface area contributed by atoms with E-state index >= 15 is 0 Å². The first-order valence-electron chi connectivity index (χ1n) is 5.96. The van der Waals surface area contributed by atoms with Crippen LogP contribution in [0, 0.1) is 11.2 Å². The molecule has 2 N–H and O–H groups in total. The molecule has 0 saturated carbocycles. The normalized spacial score (nSPS) is 15.6. The van der Waals surface area contributed by atoms with Crippen molar-refractivity contribution in [3.8, 4) is 5.75 Å². The second kappa shape index (κ2) is 5.05. The second-order valence-corrected chi connectivity index (χ2v) is 5.68. The Kier molecular flexibility index (Phi) is 4.15. The van der Waals surface area contributed by atoms with Crippen molar-refractivity contribution in [2.75, 3.05) is 0 Å². The highest BCUT2D eigenvalue weighted by Gasteiger charge is 2.22. The lowest BCUT2D eigenvalue weighted by molar-refractivity contribution is 0.266. The highest BCUT2D eigenvalue weighted by molar-refractivity contribution is 5.34. The molecule has 1 rings (SSSR count). The number of rotatable bonds is 3. The summed E-state index contributed by atoms with van der Waals surface area (Å²) in [6, 6.07) is 4.21. The fourth-order valence-corrected chi connectivity index (χ4v) is 1.59. The Hall–Kier alpha value is -1.09. The van der Waals surface area contributed by atoms with Gasteiger partial charge in [-0.25, -0.2) is 4.39 Å². The molecule has 2 nitrogen and oxygen atoms in total. The van der Waals surface area contributed by atoms with Crippen molar-refractivity contribution in [2.45, 2.75) is 46.7 Å². The first-order chi connectivity index (χ1) is 7.71. The Morgan fingerprint density at radius 2 is 1.82 bits per heavy atom. The smallest absolute Gasteiger partial charge is 0.123 e. The predicted octanol–water partition coefficient (Wildman–Crippen LogP) is 3.62. The molecule has 1 aromatic rings. The summed E-state index contributed by atoms with van der Waals surface area (Å²) in [5, 5.41) is 13.1. The van der Waals surface area contributed by atoms with Gasteiger partial charge in [-0.1, -0.05) is 20.8 Å². The summed E-state index contributed by atoms with van der Waals surface area (Å²) >= 11 is 0. The first-order valence-corrected chi connectivity index (χ1v) is 5.96. The molecular weight excluding hydrogens is 217 g/mol. The summed E-state index contributed by atoms with van der Waals surface area (Å²) in [6.07, 6.45) is 0. The van der Waals surface area contributed by atoms with Crippen LogP contribution in [0.3, 0.4) is 0 Å². The molecule has 0 bridgehead atoms. The fourth-order valence-electron chi connectivity index (χ4n) is 1.59. The van der Waals surface area contributed by atoms with E-state index in [1.54, 1.807) is 0 Å². The molecule has 2 atom stereocenters. The first kappa shape index (κ1) is 14.0. The topological polar surface area (TPSA) is 32.3 Å². The molecule has 0 amide bonds. The van der Waals surface area contributed by atoms with Gasteiger partial charge in [0, 0.05) is 17.6 Å². The van der Waals surface area contributed by atoms with Crippen LogP contribution in [0.25, 0.3) is 0 Å². The molecule has 0 spiro atoms. The van der Waals surface area contributed by atoms with E-state index in [0.717, 1.165) is 0 Å². The molecule has 0 aliphatic heterocycles. The monoisotopic (exact) mass is 239 g/mol. The van der Waals surface area contributed by atoms with Gasteiger partial charge in [0.1, 0.15) is 11.6 Å². The molecule has 0 aromatic heterocycles. The molecule has 0 saturated heterocycles. The molecule has 96 valence electrons. The van der Waals surface area contributed by atoms with Crippen molar-refractivity contribution in [3.05, 3.63) is 29.6 Å². The minimum absolute atomic E-state index is 0.0834. The van der Waals surface area contributed by atoms with Gasteiger partial charge in [-0.05, 0) is 37.5 Å². The molecule has 0 heterocycles. The van der Waals surface area contributed by atoms with E-state index in [1.165, 1.54) is 18.2 Å². The predicted molar refractivity (Wildman–Crippen MR) is 68.5 cm³/mol. The maximum absolute atomic E-state index is 13.1. The molecular formula is C14H22FNO. The average molecular weight is 239 g/mol. The van der Waals surface area contributed by atoms with Crippen molar-refractivity contribution in [2.24, 2.45) is 5.41 Å². The minimum Gasteiger partial charge on any atom is -0.508 e. The van der Waals surface area contributed by atoms with E-state index in [-0.39, 0.29) is 29.1 Å². The van der Waals surface area contributed by atoms with Crippen molar-refractivity contribution in [1.82, 2.24) is 5.32 Å². The van der Waals surface area contributed by atoms with Crippen molar-refractivity contribution in [3.63, 3.8) is 0 Å². The second-order valence-electron chi connectivity index (χ2n) is 5.68. The van der Waals surface area contributed by atoms with Crippen molar-refractivity contribution < 1.29 is 9.50 Å². The van der Waals surface area contributed by atoms with Gasteiger partial charge in [-0.15, -0.1) is 0 Å². The summed E-state index contributed by atoms with van der Waals surface area (Å²) in [4.78, 5) is 0. The van der Waals surface area contributed by atoms with Crippen LogP contribution in [0.5, 0.6) is 5.75 Å². The van der Waals surface area contributed by atoms with E-state index < -0.39 is 0 Å². The lowest BCUT2D eigenvalue weighted by atomic mass is 9.87. The van der Waals surface area contributed by atoms with Crippen LogP contribution in [0.1, 0.15) is 46.2 Å². The number of hydrogen-bond acceptors (Lipinski definition) is 2. The summed E-state index contributed by atoms with van der Waals surface area (Å²) in [6.45, 7) is 10.4. The lowest BCUT2D eigenvalue weighted by Crippen LogP contribution is -2.39. The minimum atomic E-state index is -0.324. The number of phenols is 1. The number of benzene rings is 1. The third kappa shape index (κ3) is 3.70. The van der Waals surface area contributed by atoms with Gasteiger partial charge in [-0.3, -0.25) is 0 Å². The van der Waals surface area contributed by atoms with Gasteiger partial charge >= 0.3 is 0 Å². The van der Waals surface area contributed by atoms with E-state index in [1.807, 2.05) is 6.92 Å². The Bertz CT molecular complexity index is 384. The molecule has 0 radical (unpaired) electrons. The molecule has 0 aliphatic rings. The number of nitrogens with one attached hydrogen (secondary N) is 1. The molecule has 0 fully saturated rings. The van der Waals surface area contributed by atoms with Crippen LogP contribution in [-0.4, -0.2) is 11.1 Å². The largest absolute Gasteiger partial charge is 0.508 e. The van der Waals surface area contributed by atoms with Crippen LogP contribution in [0.4, 0.5) is 4.39 Å². The maximum atomic E-state index is 13.1. The van der Waals surface area contributed by atoms with Crippen LogP contribution in [0.15, 0.2) is 18.2 Å². The highest BCUT2D eigenvalue weighted by Crippen LogP contribution is 2.27. The lowest BCUT2D eigenvalue weighted by Gasteiger charge is -2.31. The third-order valence-corrected chi connectivity index (χ3v) is 3.26. The van der Waals surface area contributed by atoms with Crippen LogP contribution < -0.4 is 5.32 Å². The fraction of sp³-hybridized carbons (Fsp3) is 0.571. The van der Waals surface area contributed by atoms with Crippen LogP contribution in [0.2, 0.25) is 0 Å². The SMILES string of the molecule is CC(NC(C)C(C)(C)C)c1cc(F)ccc1O. The zero-order valence-electron chi connectivity index (χ0n) is 11.2. The average Bonchev–Trinajstić information content (AvgIpc) is 2.20. The van der Waals surface area contributed by atoms with Crippen LogP contribution in [-0.2, 0) is 0 Å². The Morgan fingerprint density at radius 1 is 1.24 bits per heavy atom. The summed E-state index contributed by atoms with van der Waals surface area (Å²) in [5.41, 5.74) is 0.720. The van der Waals surface area contributed by atoms with Gasteiger partial charge in [0.25, 0.3) is 0 Å². The van der Waals surface area contributed by atoms with Crippen LogP contribution >= 0.6 is 0 Å². The van der Waals surface area contributed by atoms with Crippen molar-refractivity contribution >= 4 is 0 Å². The summed E-state index contributed by atoms with van der Waals surface area (Å²) in [7, 11) is 0. The standard InChI is InChI=1S/C14H22FNO/c1-9(16-10(2)14(3,4)5)12-8-11(15)6-7-13(12)17/h6-10,16-17H,1-5H3. The van der Waals surface area contributed by atoms with Crippen molar-refractivity contribution in [1.29, 1.82) is 0 Å². The molecule has 3 heteroatoms. The quantitative estimate of drug-likeness (QED) is 0.844. The van der Waals surface area contributed by atoms with Gasteiger partial charge in [-0.2, -0.15) is 0 Å². The Labute approximate surface area is 103 Å². The summed E-state index contributed by atoms with van der Waals surface area (Å²) in [5.74, 6) is -0.192. The zero-order chi connectivity index (χ0) is 13.2. The number of hydrogen-bond donors (Lipinski definition) is 2. The number of aromatic hydroxyl groups is 1. The van der Waals surface area contributed by atoms with E-state index in [9.17, 15) is 9.50 Å². The molecule has 1 aromatic carbocycles. The van der Waals surface area contributed by atoms with Gasteiger partial charge < -0.3 is 10.4 Å². The third-order valence-electron chi connectivity index (χ3n) is 3.26. The van der Waals surface area contributed by atoms with Gasteiger partial charge in [0.15, 0.2) is 0 Å². The highest BCUT2D eigenvalue weighted by atomic mass is 19.1. The maximum Gasteiger partial charge on any atom is 0.123 e. The molecule has 17 heavy (non-hydrogen) atoms. The van der Waals surface area contributed by atoms with E-state index in [2.05, 4.69) is 33.0 Å². The van der Waals surface area contributed by atoms with E-state index in [0.29, 0.717) is 5.56 Å². The van der Waals surface area contributed by atoms with Gasteiger partial charge in [0.2, 0.25) is 0 Å². The summed E-state index contributed by atoms with van der Waals surface area (Å²) < 4.78 is 13.1. The van der Waals surface area contributed by atoms with Gasteiger partial charge in [0.05, 0.1) is 0 Å².